The molecule has 0 spiro atoms. The third kappa shape index (κ3) is 7.15. The van der Waals surface area contributed by atoms with Crippen molar-refractivity contribution >= 4 is 18.2 Å². The first-order valence-electron chi connectivity index (χ1n) is 12.3. The number of aliphatic carboxylic acids is 2. The molecule has 3 rings (SSSR count). The van der Waals surface area contributed by atoms with Gasteiger partial charge in [-0.1, -0.05) is 57.5 Å². The van der Waals surface area contributed by atoms with Crippen LogP contribution in [0.1, 0.15) is 76.0 Å². The van der Waals surface area contributed by atoms with E-state index in [4.69, 9.17) is 20.8 Å². The number of hydrogen-bond acceptors (Lipinski definition) is 6. The highest BCUT2D eigenvalue weighted by atomic mass is 16.6. The van der Waals surface area contributed by atoms with E-state index >= 15 is 0 Å². The first-order valence-corrected chi connectivity index (χ1v) is 12.3. The van der Waals surface area contributed by atoms with Gasteiger partial charge in [0.15, 0.2) is 0 Å². The summed E-state index contributed by atoms with van der Waals surface area (Å²) in [5.74, 6) is -1.86. The van der Waals surface area contributed by atoms with Crippen molar-refractivity contribution in [3.8, 4) is 0 Å². The van der Waals surface area contributed by atoms with Crippen molar-refractivity contribution in [2.45, 2.75) is 77.2 Å². The number of aliphatic hydroxyl groups excluding tert-OH is 1. The molecule has 5 N–H and O–H groups in total. The van der Waals surface area contributed by atoms with Crippen molar-refractivity contribution in [2.24, 2.45) is 22.2 Å². The topological polar surface area (TPSA) is 142 Å². The summed E-state index contributed by atoms with van der Waals surface area (Å²) in [6.45, 7) is 10.2. The smallest absolute Gasteiger partial charge is 0.328 e. The van der Waals surface area contributed by atoms with Crippen molar-refractivity contribution < 1.29 is 29.7 Å². The molecule has 8 nitrogen and oxygen atoms in total. The summed E-state index contributed by atoms with van der Waals surface area (Å²) in [6, 6.07) is 6.92. The summed E-state index contributed by atoms with van der Waals surface area (Å²) < 4.78 is 0. The van der Waals surface area contributed by atoms with Crippen LogP contribution in [0.5, 0.6) is 0 Å². The van der Waals surface area contributed by atoms with Gasteiger partial charge in [-0.25, -0.2) is 9.59 Å². The molecule has 194 valence electrons. The highest BCUT2D eigenvalue weighted by Gasteiger charge is 2.55. The molecule has 0 bridgehead atoms. The molecule has 0 radical (unpaired) electrons. The van der Waals surface area contributed by atoms with E-state index in [9.17, 15) is 14.7 Å². The molecule has 1 fully saturated rings. The second kappa shape index (κ2) is 12.3. The minimum Gasteiger partial charge on any atom is -0.478 e. The van der Waals surface area contributed by atoms with Gasteiger partial charge in [-0.3, -0.25) is 0 Å². The zero-order valence-electron chi connectivity index (χ0n) is 21.2. The molecule has 2 aliphatic carbocycles. The highest BCUT2D eigenvalue weighted by molar-refractivity contribution is 5.89. The van der Waals surface area contributed by atoms with Crippen LogP contribution in [-0.4, -0.2) is 52.7 Å². The number of carboxylic acid groups (broad SMARTS) is 2. The number of aliphatic hydroxyl groups is 1. The van der Waals surface area contributed by atoms with Crippen LogP contribution < -0.4 is 5.73 Å². The van der Waals surface area contributed by atoms with E-state index in [1.165, 1.54) is 16.7 Å². The quantitative estimate of drug-likeness (QED) is 0.188. The van der Waals surface area contributed by atoms with E-state index in [2.05, 4.69) is 51.0 Å². The average Bonchev–Trinajstić information content (AvgIpc) is 2.77. The lowest BCUT2D eigenvalue weighted by Gasteiger charge is -2.56. The van der Waals surface area contributed by atoms with Crippen molar-refractivity contribution in [3.63, 3.8) is 0 Å². The zero-order chi connectivity index (χ0) is 26.2. The van der Waals surface area contributed by atoms with E-state index in [1.54, 1.807) is 0 Å². The van der Waals surface area contributed by atoms with E-state index in [1.807, 2.05) is 6.21 Å². The molecule has 1 aromatic carbocycles. The van der Waals surface area contributed by atoms with Crippen LogP contribution in [0.25, 0.3) is 0 Å². The second-order valence-electron chi connectivity index (χ2n) is 10.3. The van der Waals surface area contributed by atoms with Gasteiger partial charge in [0.1, 0.15) is 6.61 Å². The summed E-state index contributed by atoms with van der Waals surface area (Å²) >= 11 is 0. The van der Waals surface area contributed by atoms with Crippen LogP contribution in [0, 0.1) is 11.3 Å². The van der Waals surface area contributed by atoms with Gasteiger partial charge in [0.05, 0.1) is 12.3 Å². The first-order chi connectivity index (χ1) is 16.4. The summed E-state index contributed by atoms with van der Waals surface area (Å²) in [5, 5.41) is 31.1. The maximum absolute atomic E-state index is 11.2. The lowest BCUT2D eigenvalue weighted by molar-refractivity contribution is -0.134. The molecule has 4 atom stereocenters. The van der Waals surface area contributed by atoms with E-state index < -0.39 is 11.9 Å². The molecule has 35 heavy (non-hydrogen) atoms. The number of nitrogens with zero attached hydrogens (tertiary/aromatic N) is 1. The molecule has 0 aliphatic heterocycles. The molecule has 2 unspecified atom stereocenters. The maximum Gasteiger partial charge on any atom is 0.328 e. The van der Waals surface area contributed by atoms with Gasteiger partial charge in [-0.2, -0.15) is 0 Å². The van der Waals surface area contributed by atoms with Crippen LogP contribution in [0.2, 0.25) is 0 Å². The third-order valence-corrected chi connectivity index (χ3v) is 7.26. The van der Waals surface area contributed by atoms with E-state index in [-0.39, 0.29) is 22.9 Å². The van der Waals surface area contributed by atoms with Gasteiger partial charge in [0.25, 0.3) is 0 Å². The molecule has 1 saturated carbocycles. The lowest BCUT2D eigenvalue weighted by Crippen LogP contribution is -2.56. The molecule has 8 heteroatoms. The van der Waals surface area contributed by atoms with Crippen LogP contribution >= 0.6 is 0 Å². The fourth-order valence-electron chi connectivity index (χ4n) is 5.73. The second-order valence-corrected chi connectivity index (χ2v) is 10.3. The van der Waals surface area contributed by atoms with Crippen LogP contribution in [-0.2, 0) is 26.3 Å². The van der Waals surface area contributed by atoms with Crippen LogP contribution in [0.3, 0.4) is 0 Å². The summed E-state index contributed by atoms with van der Waals surface area (Å²) in [7, 11) is 0. The zero-order valence-corrected chi connectivity index (χ0v) is 21.2. The minimum atomic E-state index is -1.26. The van der Waals surface area contributed by atoms with Gasteiger partial charge in [-0.05, 0) is 60.3 Å². The molecule has 0 amide bonds. The summed E-state index contributed by atoms with van der Waals surface area (Å²) in [5.41, 5.74) is 9.43. The van der Waals surface area contributed by atoms with Crippen molar-refractivity contribution in [3.05, 3.63) is 47.0 Å². The number of carbonyl (C=O) groups is 2. The fraction of sp³-hybridized carbons (Fsp3) is 0.593. The SMILES string of the molecule is CC(C)c1ccc2c(c1)CC(O)C1[C@@](C)(C=NOCCCN)CCC[C@]21C.O=C(O)/C=C/C(=O)O. The predicted molar refractivity (Wildman–Crippen MR) is 136 cm³/mol. The van der Waals surface area contributed by atoms with Gasteiger partial charge in [-0.15, -0.1) is 0 Å². The molecule has 0 saturated heterocycles. The van der Waals surface area contributed by atoms with Crippen molar-refractivity contribution in [2.75, 3.05) is 13.2 Å². The Morgan fingerprint density at radius 3 is 2.43 bits per heavy atom. The molecule has 0 aromatic heterocycles. The van der Waals surface area contributed by atoms with Gasteiger partial charge in [0.2, 0.25) is 0 Å². The Morgan fingerprint density at radius 2 is 1.86 bits per heavy atom. The Bertz CT molecular complexity index is 928. The largest absolute Gasteiger partial charge is 0.478 e. The van der Waals surface area contributed by atoms with E-state index in [0.29, 0.717) is 31.2 Å². The predicted octanol–water partition coefficient (Wildman–Crippen LogP) is 3.85. The van der Waals surface area contributed by atoms with E-state index in [0.717, 1.165) is 32.1 Å². The van der Waals surface area contributed by atoms with Gasteiger partial charge < -0.3 is 25.9 Å². The summed E-state index contributed by atoms with van der Waals surface area (Å²) in [4.78, 5) is 24.5. The Kier molecular flexibility index (Phi) is 10.0. The number of rotatable bonds is 8. The monoisotopic (exact) mass is 488 g/mol. The van der Waals surface area contributed by atoms with Crippen LogP contribution in [0.4, 0.5) is 0 Å². The molecular weight excluding hydrogens is 448 g/mol. The highest BCUT2D eigenvalue weighted by Crippen LogP contribution is 2.56. The number of nitrogens with two attached hydrogens (primary N) is 1. The first kappa shape index (κ1) is 28.5. The molecule has 2 aliphatic rings. The number of benzene rings is 1. The Hall–Kier alpha value is -2.71. The lowest BCUT2D eigenvalue weighted by atomic mass is 9.49. The van der Waals surface area contributed by atoms with Crippen LogP contribution in [0.15, 0.2) is 35.5 Å². The molecule has 0 heterocycles. The average molecular weight is 489 g/mol. The maximum atomic E-state index is 11.2. The molecule has 1 aromatic rings. The van der Waals surface area contributed by atoms with Gasteiger partial charge >= 0.3 is 11.9 Å². The molecular formula is C27H40N2O6. The fourth-order valence-corrected chi connectivity index (χ4v) is 5.73. The Balaban J connectivity index is 0.000000466. The Labute approximate surface area is 207 Å². The number of carboxylic acids is 2. The third-order valence-electron chi connectivity index (χ3n) is 7.26. The van der Waals surface area contributed by atoms with Gasteiger partial charge in [0, 0.05) is 23.5 Å². The summed E-state index contributed by atoms with van der Waals surface area (Å²) in [6.07, 6.45) is 7.54. The van der Waals surface area contributed by atoms with Crippen molar-refractivity contribution in [1.82, 2.24) is 0 Å². The number of hydrogen-bond donors (Lipinski definition) is 4. The Morgan fingerprint density at radius 1 is 1.20 bits per heavy atom. The van der Waals surface area contributed by atoms with Crippen molar-refractivity contribution in [1.29, 1.82) is 0 Å². The number of fused-ring (bicyclic) bond motifs is 3. The minimum absolute atomic E-state index is 0.0290. The normalized spacial score (nSPS) is 27.7. The number of oxime groups is 1. The standard InChI is InChI=1S/C23H36N2O2.C4H4O4/c1-16(2)17-7-8-19-18(13-17)14-20(26)21-22(3,9-5-10-23(19,21)4)15-25-27-12-6-11-24;5-3(6)1-2-4(7)8/h7-8,13,15-16,20-21,26H,5-6,9-12,14,24H2,1-4H3;1-2H,(H,5,6)(H,7,8)/b;2-1+/t20?,21?,22-,23-;/m1./s1.